The number of ketones is 1. The van der Waals surface area contributed by atoms with Crippen molar-refractivity contribution in [3.05, 3.63) is 0 Å². The van der Waals surface area contributed by atoms with Crippen LogP contribution >= 0.6 is 15.2 Å². The first kappa shape index (κ1) is 14.0. The van der Waals surface area contributed by atoms with E-state index in [0.29, 0.717) is 0 Å². The zero-order valence-corrected chi connectivity index (χ0v) is 10.0. The molecule has 0 spiro atoms. The Labute approximate surface area is 91.6 Å². The van der Waals surface area contributed by atoms with Crippen LogP contribution in [0.4, 0.5) is 0 Å². The lowest BCUT2D eigenvalue weighted by Gasteiger charge is -2.33. The molecule has 4 N–H and O–H groups in total. The average Bonchev–Trinajstić information content (AvgIpc) is 2.03. The van der Waals surface area contributed by atoms with E-state index in [1.54, 1.807) is 0 Å². The van der Waals surface area contributed by atoms with Gasteiger partial charge in [-0.15, -0.1) is 0 Å². The molecule has 0 aliphatic carbocycles. The van der Waals surface area contributed by atoms with E-state index in [1.165, 1.54) is 0 Å². The first-order chi connectivity index (χ1) is 7.12. The highest BCUT2D eigenvalue weighted by atomic mass is 31.2. The molecule has 1 aliphatic heterocycles. The minimum atomic E-state index is -4.93. The maximum Gasteiger partial charge on any atom is 0.354 e. The molecule has 8 nitrogen and oxygen atoms in total. The third-order valence-electron chi connectivity index (χ3n) is 2.28. The Morgan fingerprint density at radius 1 is 1.00 bits per heavy atom. The average molecular weight is 273 g/mol. The first-order valence-corrected chi connectivity index (χ1v) is 7.85. The maximum atomic E-state index is 11.0. The fourth-order valence-corrected chi connectivity index (χ4v) is 4.51. The van der Waals surface area contributed by atoms with Crippen molar-refractivity contribution in [2.75, 3.05) is 13.1 Å². The lowest BCUT2D eigenvalue weighted by Crippen LogP contribution is -2.41. The van der Waals surface area contributed by atoms with Crippen molar-refractivity contribution in [1.82, 2.24) is 4.90 Å². The number of rotatable bonds is 3. The summed E-state index contributed by atoms with van der Waals surface area (Å²) in [6.45, 7) is -0.0839. The van der Waals surface area contributed by atoms with Crippen LogP contribution in [0.2, 0.25) is 0 Å². The SMILES string of the molecule is O=C1CCN(C(P(=O)(O)O)P(=O)(O)O)CC1. The summed E-state index contributed by atoms with van der Waals surface area (Å²) in [5.41, 5.74) is -2.13. The Hall–Kier alpha value is -0.0700. The highest BCUT2D eigenvalue weighted by Crippen LogP contribution is 2.61. The molecule has 0 bridgehead atoms. The van der Waals surface area contributed by atoms with E-state index in [0.717, 1.165) is 4.90 Å². The van der Waals surface area contributed by atoms with Crippen LogP contribution in [0.3, 0.4) is 0 Å². The third kappa shape index (κ3) is 3.46. The molecular formula is C6H13NO7P2. The second kappa shape index (κ2) is 4.66. The molecule has 0 amide bonds. The summed E-state index contributed by atoms with van der Waals surface area (Å²) in [6, 6.07) is 0. The number of carbonyl (C=O) groups excluding carboxylic acids is 1. The summed E-state index contributed by atoms with van der Waals surface area (Å²) in [6.07, 6.45) is 0.104. The Morgan fingerprint density at radius 3 is 1.69 bits per heavy atom. The van der Waals surface area contributed by atoms with Gasteiger partial charge in [0.25, 0.3) is 0 Å². The third-order valence-corrected chi connectivity index (χ3v) is 5.95. The monoisotopic (exact) mass is 273 g/mol. The van der Waals surface area contributed by atoms with Crippen molar-refractivity contribution in [3.8, 4) is 0 Å². The first-order valence-electron chi connectivity index (χ1n) is 4.48. The standard InChI is InChI=1S/C6H13NO7P2/c8-5-1-3-7(4-2-5)6(15(9,10)11)16(12,13)14/h6H,1-4H2,(H2,9,10,11)(H2,12,13,14). The minimum Gasteiger partial charge on any atom is -0.323 e. The van der Waals surface area contributed by atoms with Gasteiger partial charge in [0, 0.05) is 25.9 Å². The topological polar surface area (TPSA) is 135 Å². The Morgan fingerprint density at radius 2 is 1.38 bits per heavy atom. The van der Waals surface area contributed by atoms with E-state index in [4.69, 9.17) is 19.6 Å². The van der Waals surface area contributed by atoms with Crippen LogP contribution in [0, 0.1) is 0 Å². The van der Waals surface area contributed by atoms with Crippen molar-refractivity contribution >= 4 is 21.0 Å². The van der Waals surface area contributed by atoms with Crippen LogP contribution in [0.25, 0.3) is 0 Å². The number of piperidine rings is 1. The molecule has 0 unspecified atom stereocenters. The molecule has 16 heavy (non-hydrogen) atoms. The second-order valence-electron chi connectivity index (χ2n) is 3.60. The van der Waals surface area contributed by atoms with Crippen molar-refractivity contribution < 1.29 is 33.5 Å². The zero-order valence-electron chi connectivity index (χ0n) is 8.26. The fourth-order valence-electron chi connectivity index (χ4n) is 1.63. The maximum absolute atomic E-state index is 11.0. The van der Waals surface area contributed by atoms with Gasteiger partial charge in [-0.1, -0.05) is 0 Å². The number of hydrogen-bond acceptors (Lipinski definition) is 4. The molecular weight excluding hydrogens is 260 g/mol. The van der Waals surface area contributed by atoms with Gasteiger partial charge in [-0.25, -0.2) is 0 Å². The summed E-state index contributed by atoms with van der Waals surface area (Å²) in [5.74, 6) is -0.0774. The van der Waals surface area contributed by atoms with Gasteiger partial charge in [0.2, 0.25) is 5.52 Å². The van der Waals surface area contributed by atoms with Gasteiger partial charge in [-0.2, -0.15) is 0 Å². The van der Waals surface area contributed by atoms with Crippen LogP contribution < -0.4 is 0 Å². The number of likely N-dealkylation sites (tertiary alicyclic amines) is 1. The van der Waals surface area contributed by atoms with Gasteiger partial charge in [0.05, 0.1) is 0 Å². The highest BCUT2D eigenvalue weighted by molar-refractivity contribution is 7.70. The molecule has 0 aromatic rings. The van der Waals surface area contributed by atoms with Crippen LogP contribution in [-0.2, 0) is 13.9 Å². The number of hydrogen-bond donors (Lipinski definition) is 4. The normalized spacial score (nSPS) is 20.4. The van der Waals surface area contributed by atoms with E-state index >= 15 is 0 Å². The smallest absolute Gasteiger partial charge is 0.323 e. The van der Waals surface area contributed by atoms with E-state index < -0.39 is 20.7 Å². The number of carbonyl (C=O) groups is 1. The minimum absolute atomic E-state index is 0.0419. The molecule has 0 aromatic heterocycles. The van der Waals surface area contributed by atoms with Crippen molar-refractivity contribution in [3.63, 3.8) is 0 Å². The molecule has 1 aliphatic rings. The van der Waals surface area contributed by atoms with Gasteiger partial charge in [-0.05, 0) is 0 Å². The molecule has 1 rings (SSSR count). The molecule has 1 saturated heterocycles. The summed E-state index contributed by atoms with van der Waals surface area (Å²) in [5, 5.41) is 0. The lowest BCUT2D eigenvalue weighted by atomic mass is 10.1. The van der Waals surface area contributed by atoms with E-state index in [-0.39, 0.29) is 31.7 Å². The van der Waals surface area contributed by atoms with Crippen LogP contribution in [0.15, 0.2) is 0 Å². The van der Waals surface area contributed by atoms with Gasteiger partial charge in [0.15, 0.2) is 0 Å². The molecule has 10 heteroatoms. The van der Waals surface area contributed by atoms with Crippen LogP contribution in [0.1, 0.15) is 12.8 Å². The molecule has 94 valence electrons. The summed E-state index contributed by atoms with van der Waals surface area (Å²) in [7, 11) is -9.87. The predicted octanol–water partition coefficient (Wildman–Crippen LogP) is -0.710. The van der Waals surface area contributed by atoms with Crippen molar-refractivity contribution in [1.29, 1.82) is 0 Å². The van der Waals surface area contributed by atoms with Crippen molar-refractivity contribution in [2.45, 2.75) is 18.4 Å². The van der Waals surface area contributed by atoms with Crippen molar-refractivity contribution in [2.24, 2.45) is 0 Å². The predicted molar refractivity (Wildman–Crippen MR) is 53.7 cm³/mol. The number of Topliss-reactive ketones (excluding diaryl/α,β-unsaturated/α-hetero) is 1. The van der Waals surface area contributed by atoms with E-state index in [2.05, 4.69) is 0 Å². The van der Waals surface area contributed by atoms with Crippen LogP contribution in [-0.4, -0.2) is 48.9 Å². The van der Waals surface area contributed by atoms with E-state index in [9.17, 15) is 13.9 Å². The largest absolute Gasteiger partial charge is 0.354 e. The van der Waals surface area contributed by atoms with Gasteiger partial charge < -0.3 is 19.6 Å². The fraction of sp³-hybridized carbons (Fsp3) is 0.833. The molecule has 1 fully saturated rings. The highest BCUT2D eigenvalue weighted by Gasteiger charge is 2.48. The molecule has 0 saturated carbocycles. The molecule has 0 atom stereocenters. The lowest BCUT2D eigenvalue weighted by molar-refractivity contribution is -0.121. The summed E-state index contributed by atoms with van der Waals surface area (Å²) < 4.78 is 22.1. The Balaban J connectivity index is 2.91. The number of nitrogens with zero attached hydrogens (tertiary/aromatic N) is 1. The molecule has 1 heterocycles. The summed E-state index contributed by atoms with van der Waals surface area (Å²) >= 11 is 0. The Bertz CT molecular complexity index is 339. The quantitative estimate of drug-likeness (QED) is 0.495. The van der Waals surface area contributed by atoms with Crippen LogP contribution in [0.5, 0.6) is 0 Å². The van der Waals surface area contributed by atoms with Gasteiger partial charge >= 0.3 is 15.2 Å². The van der Waals surface area contributed by atoms with E-state index in [1.807, 2.05) is 0 Å². The van der Waals surface area contributed by atoms with Gasteiger partial charge in [-0.3, -0.25) is 18.8 Å². The van der Waals surface area contributed by atoms with Gasteiger partial charge in [0.1, 0.15) is 5.78 Å². The summed E-state index contributed by atoms with van der Waals surface area (Å²) in [4.78, 5) is 47.6. The molecule has 0 radical (unpaired) electrons. The Kier molecular flexibility index (Phi) is 4.08. The zero-order chi connectivity index (χ0) is 12.6. The second-order valence-corrected chi connectivity index (χ2v) is 7.34. The molecule has 0 aromatic carbocycles.